The van der Waals surface area contributed by atoms with Crippen molar-refractivity contribution in [2.45, 2.75) is 13.0 Å². The number of amides is 1. The summed E-state index contributed by atoms with van der Waals surface area (Å²) in [5.74, 6) is 0.667. The molecule has 0 saturated carbocycles. The monoisotopic (exact) mass is 379 g/mol. The summed E-state index contributed by atoms with van der Waals surface area (Å²) in [6.07, 6.45) is 0. The molecule has 1 atom stereocenters. The molecule has 142 valence electrons. The Kier molecular flexibility index (Phi) is 4.31. The van der Waals surface area contributed by atoms with Crippen LogP contribution in [0.25, 0.3) is 11.4 Å². The number of anilines is 1. The predicted molar refractivity (Wildman–Crippen MR) is 102 cm³/mol. The fraction of sp³-hybridized carbons (Fsp3) is 0.150. The standard InChI is InChI=1S/C20H18FN5O2/c1-11-16(18(22)27)17(12-6-8-14(21)9-7-12)26-20(23-11)24-19(25-26)13-4-3-5-15(10-13)28-2/h3-10,17H,1-2H3,(H2,22,27)(H,23,24,25). The molecule has 0 aliphatic carbocycles. The van der Waals surface area contributed by atoms with Crippen molar-refractivity contribution in [1.29, 1.82) is 0 Å². The molecule has 1 aliphatic rings. The number of benzene rings is 2. The number of allylic oxidation sites excluding steroid dienone is 1. The highest BCUT2D eigenvalue weighted by Gasteiger charge is 2.33. The van der Waals surface area contributed by atoms with Gasteiger partial charge in [-0.1, -0.05) is 24.3 Å². The Morgan fingerprint density at radius 3 is 2.68 bits per heavy atom. The number of aromatic nitrogens is 3. The maximum absolute atomic E-state index is 13.4. The SMILES string of the molecule is COc1cccc(-c2nc3n(n2)C(c2ccc(F)cc2)C(C(N)=O)=C(C)N3)c1. The number of nitrogens with zero attached hydrogens (tertiary/aromatic N) is 3. The molecular formula is C20H18FN5O2. The first-order valence-corrected chi connectivity index (χ1v) is 8.62. The number of primary amides is 1. The summed E-state index contributed by atoms with van der Waals surface area (Å²) in [5.41, 5.74) is 8.01. The van der Waals surface area contributed by atoms with Gasteiger partial charge in [-0.3, -0.25) is 4.79 Å². The second-order valence-corrected chi connectivity index (χ2v) is 6.42. The van der Waals surface area contributed by atoms with E-state index in [4.69, 9.17) is 10.5 Å². The summed E-state index contributed by atoms with van der Waals surface area (Å²) >= 11 is 0. The largest absolute Gasteiger partial charge is 0.497 e. The zero-order valence-corrected chi connectivity index (χ0v) is 15.3. The lowest BCUT2D eigenvalue weighted by Crippen LogP contribution is -2.31. The van der Waals surface area contributed by atoms with Gasteiger partial charge in [0.15, 0.2) is 5.82 Å². The van der Waals surface area contributed by atoms with E-state index >= 15 is 0 Å². The molecule has 3 aromatic rings. The second kappa shape index (κ2) is 6.80. The van der Waals surface area contributed by atoms with E-state index in [0.717, 1.165) is 5.56 Å². The van der Waals surface area contributed by atoms with Crippen molar-refractivity contribution in [3.63, 3.8) is 0 Å². The molecule has 0 spiro atoms. The van der Waals surface area contributed by atoms with E-state index in [0.29, 0.717) is 34.4 Å². The van der Waals surface area contributed by atoms with Gasteiger partial charge in [0.2, 0.25) is 11.9 Å². The van der Waals surface area contributed by atoms with Gasteiger partial charge < -0.3 is 15.8 Å². The maximum Gasteiger partial charge on any atom is 0.248 e. The van der Waals surface area contributed by atoms with E-state index in [9.17, 15) is 9.18 Å². The number of carbonyl (C=O) groups excluding carboxylic acids is 1. The van der Waals surface area contributed by atoms with Crippen LogP contribution in [0.1, 0.15) is 18.5 Å². The van der Waals surface area contributed by atoms with Crippen molar-refractivity contribution in [3.8, 4) is 17.1 Å². The van der Waals surface area contributed by atoms with E-state index in [-0.39, 0.29) is 5.82 Å². The Morgan fingerprint density at radius 2 is 2.00 bits per heavy atom. The molecule has 4 rings (SSSR count). The van der Waals surface area contributed by atoms with Gasteiger partial charge >= 0.3 is 0 Å². The minimum Gasteiger partial charge on any atom is -0.497 e. The summed E-state index contributed by atoms with van der Waals surface area (Å²) in [5, 5.41) is 7.68. The van der Waals surface area contributed by atoms with Crippen LogP contribution in [0.4, 0.5) is 10.3 Å². The zero-order chi connectivity index (χ0) is 19.8. The minimum atomic E-state index is -0.610. The van der Waals surface area contributed by atoms with Gasteiger partial charge in [-0.05, 0) is 36.8 Å². The van der Waals surface area contributed by atoms with Crippen LogP contribution in [0, 0.1) is 5.82 Å². The van der Waals surface area contributed by atoms with Gasteiger partial charge in [0.25, 0.3) is 0 Å². The van der Waals surface area contributed by atoms with Gasteiger partial charge in [-0.15, -0.1) is 5.10 Å². The smallest absolute Gasteiger partial charge is 0.248 e. The van der Waals surface area contributed by atoms with Crippen LogP contribution in [-0.2, 0) is 4.79 Å². The van der Waals surface area contributed by atoms with Gasteiger partial charge in [0, 0.05) is 11.3 Å². The van der Waals surface area contributed by atoms with Crippen LogP contribution in [0.15, 0.2) is 59.8 Å². The third-order valence-electron chi connectivity index (χ3n) is 4.63. The Bertz CT molecular complexity index is 1090. The number of fused-ring (bicyclic) bond motifs is 1. The zero-order valence-electron chi connectivity index (χ0n) is 15.3. The van der Waals surface area contributed by atoms with E-state index in [1.165, 1.54) is 12.1 Å². The number of halogens is 1. The Hall–Kier alpha value is -3.68. The third-order valence-corrected chi connectivity index (χ3v) is 4.63. The molecule has 0 bridgehead atoms. The van der Waals surface area contributed by atoms with Crippen molar-refractivity contribution in [2.75, 3.05) is 12.4 Å². The predicted octanol–water partition coefficient (Wildman–Crippen LogP) is 2.87. The third kappa shape index (κ3) is 2.98. The van der Waals surface area contributed by atoms with Crippen LogP contribution in [0.5, 0.6) is 5.75 Å². The number of methoxy groups -OCH3 is 1. The van der Waals surface area contributed by atoms with E-state index < -0.39 is 11.9 Å². The first-order chi connectivity index (χ1) is 13.5. The molecule has 8 heteroatoms. The second-order valence-electron chi connectivity index (χ2n) is 6.42. The Balaban J connectivity index is 1.86. The fourth-order valence-electron chi connectivity index (χ4n) is 3.31. The fourth-order valence-corrected chi connectivity index (χ4v) is 3.31. The summed E-state index contributed by atoms with van der Waals surface area (Å²) in [4.78, 5) is 16.7. The Labute approximate surface area is 160 Å². The molecule has 2 heterocycles. The molecule has 0 radical (unpaired) electrons. The Morgan fingerprint density at radius 1 is 1.25 bits per heavy atom. The van der Waals surface area contributed by atoms with Gasteiger partial charge in [0.1, 0.15) is 17.6 Å². The molecule has 1 aromatic heterocycles. The number of hydrogen-bond donors (Lipinski definition) is 2. The topological polar surface area (TPSA) is 95.1 Å². The van der Waals surface area contributed by atoms with Gasteiger partial charge in [-0.2, -0.15) is 4.98 Å². The van der Waals surface area contributed by atoms with E-state index in [1.54, 1.807) is 30.8 Å². The molecule has 3 N–H and O–H groups in total. The average Bonchev–Trinajstić information content (AvgIpc) is 3.11. The first-order valence-electron chi connectivity index (χ1n) is 8.62. The number of ether oxygens (including phenoxy) is 1. The van der Waals surface area contributed by atoms with Crippen LogP contribution < -0.4 is 15.8 Å². The van der Waals surface area contributed by atoms with Gasteiger partial charge in [-0.25, -0.2) is 9.07 Å². The van der Waals surface area contributed by atoms with E-state index in [1.807, 2.05) is 24.3 Å². The molecule has 1 unspecified atom stereocenters. The lowest BCUT2D eigenvalue weighted by Gasteiger charge is -2.27. The lowest BCUT2D eigenvalue weighted by atomic mass is 9.95. The maximum atomic E-state index is 13.4. The number of rotatable bonds is 4. The summed E-state index contributed by atoms with van der Waals surface area (Å²) in [6, 6.07) is 12.6. The lowest BCUT2D eigenvalue weighted by molar-refractivity contribution is -0.115. The average molecular weight is 379 g/mol. The molecule has 1 aliphatic heterocycles. The number of nitrogens with two attached hydrogens (primary N) is 1. The van der Waals surface area contributed by atoms with Crippen molar-refractivity contribution >= 4 is 11.9 Å². The normalized spacial score (nSPS) is 15.8. The van der Waals surface area contributed by atoms with Crippen LogP contribution in [0.2, 0.25) is 0 Å². The molecule has 7 nitrogen and oxygen atoms in total. The molecule has 0 fully saturated rings. The highest BCUT2D eigenvalue weighted by atomic mass is 19.1. The number of carbonyl (C=O) groups is 1. The molecule has 0 saturated heterocycles. The minimum absolute atomic E-state index is 0.348. The quantitative estimate of drug-likeness (QED) is 0.727. The van der Waals surface area contributed by atoms with Crippen molar-refractivity contribution in [3.05, 3.63) is 71.2 Å². The highest BCUT2D eigenvalue weighted by molar-refractivity contribution is 5.95. The van der Waals surface area contributed by atoms with Crippen molar-refractivity contribution < 1.29 is 13.9 Å². The van der Waals surface area contributed by atoms with Crippen LogP contribution in [0.3, 0.4) is 0 Å². The van der Waals surface area contributed by atoms with E-state index in [2.05, 4.69) is 15.4 Å². The number of hydrogen-bond acceptors (Lipinski definition) is 5. The first kappa shape index (κ1) is 17.7. The van der Waals surface area contributed by atoms with Crippen molar-refractivity contribution in [2.24, 2.45) is 5.73 Å². The summed E-state index contributed by atoms with van der Waals surface area (Å²) < 4.78 is 20.3. The van der Waals surface area contributed by atoms with Crippen LogP contribution >= 0.6 is 0 Å². The molecular weight excluding hydrogens is 361 g/mol. The molecule has 2 aromatic carbocycles. The van der Waals surface area contributed by atoms with Crippen molar-refractivity contribution in [1.82, 2.24) is 14.8 Å². The molecule has 28 heavy (non-hydrogen) atoms. The highest BCUT2D eigenvalue weighted by Crippen LogP contribution is 2.36. The van der Waals surface area contributed by atoms with Crippen LogP contribution in [-0.4, -0.2) is 27.8 Å². The number of nitrogens with one attached hydrogen (secondary N) is 1. The summed E-state index contributed by atoms with van der Waals surface area (Å²) in [7, 11) is 1.59. The molecule has 1 amide bonds. The summed E-state index contributed by atoms with van der Waals surface area (Å²) in [6.45, 7) is 1.75. The van der Waals surface area contributed by atoms with Gasteiger partial charge in [0.05, 0.1) is 12.7 Å².